The zero-order valence-corrected chi connectivity index (χ0v) is 14.2. The zero-order valence-electron chi connectivity index (χ0n) is 10.5. The number of hydrogen-bond acceptors (Lipinski definition) is 2. The summed E-state index contributed by atoms with van der Waals surface area (Å²) in [6.45, 7) is 0.719. The molecular formula is C15H11BrIN3. The van der Waals surface area contributed by atoms with Gasteiger partial charge in [0, 0.05) is 13.6 Å². The number of aromatic nitrogens is 3. The van der Waals surface area contributed by atoms with Crippen LogP contribution in [0.4, 0.5) is 0 Å². The zero-order chi connectivity index (χ0) is 13.9. The molecule has 0 N–H and O–H groups in total. The average Bonchev–Trinajstić information content (AvgIpc) is 2.87. The Bertz CT molecular complexity index is 739. The summed E-state index contributed by atoms with van der Waals surface area (Å²) in [7, 11) is 0. The van der Waals surface area contributed by atoms with Gasteiger partial charge >= 0.3 is 0 Å². The van der Waals surface area contributed by atoms with E-state index in [2.05, 4.69) is 72.9 Å². The minimum Gasteiger partial charge on any atom is -0.248 e. The fraction of sp³-hybridized carbons (Fsp3) is 0.0667. The average molecular weight is 440 g/mol. The molecule has 0 unspecified atom stereocenters. The van der Waals surface area contributed by atoms with Crippen LogP contribution in [0.5, 0.6) is 0 Å². The maximum absolute atomic E-state index is 4.53. The predicted molar refractivity (Wildman–Crippen MR) is 91.4 cm³/mol. The minimum atomic E-state index is 0.719. The Labute approximate surface area is 139 Å². The van der Waals surface area contributed by atoms with Crippen molar-refractivity contribution in [3.63, 3.8) is 0 Å². The molecule has 0 aliphatic carbocycles. The van der Waals surface area contributed by atoms with Gasteiger partial charge in [-0.15, -0.1) is 0 Å². The summed E-state index contributed by atoms with van der Waals surface area (Å²) in [6, 6.07) is 16.4. The highest BCUT2D eigenvalue weighted by atomic mass is 127. The standard InChI is InChI=1S/C15H11BrIN3/c16-13-5-1-3-11(7-13)9-20-10-18-15(19-20)12-4-2-6-14(17)8-12/h1-8,10H,9H2. The van der Waals surface area contributed by atoms with E-state index in [0.717, 1.165) is 22.4 Å². The van der Waals surface area contributed by atoms with Gasteiger partial charge < -0.3 is 0 Å². The van der Waals surface area contributed by atoms with Crippen molar-refractivity contribution >= 4 is 38.5 Å². The Balaban J connectivity index is 1.84. The summed E-state index contributed by atoms with van der Waals surface area (Å²) in [5.41, 5.74) is 2.24. The highest BCUT2D eigenvalue weighted by Gasteiger charge is 2.05. The molecule has 0 aliphatic heterocycles. The van der Waals surface area contributed by atoms with Gasteiger partial charge in [0.2, 0.25) is 0 Å². The lowest BCUT2D eigenvalue weighted by molar-refractivity contribution is 0.686. The summed E-state index contributed by atoms with van der Waals surface area (Å²) < 4.78 is 4.12. The molecular weight excluding hydrogens is 429 g/mol. The van der Waals surface area contributed by atoms with Crippen LogP contribution in [0.2, 0.25) is 0 Å². The fourth-order valence-electron chi connectivity index (χ4n) is 1.95. The molecule has 0 saturated carbocycles. The third-order valence-electron chi connectivity index (χ3n) is 2.85. The normalized spacial score (nSPS) is 10.7. The number of benzene rings is 2. The molecule has 1 heterocycles. The topological polar surface area (TPSA) is 30.7 Å². The van der Waals surface area contributed by atoms with E-state index in [1.165, 1.54) is 9.13 Å². The van der Waals surface area contributed by atoms with Gasteiger partial charge in [0.25, 0.3) is 0 Å². The second-order valence-corrected chi connectivity index (χ2v) is 6.57. The second kappa shape index (κ2) is 6.05. The molecule has 1 aromatic heterocycles. The monoisotopic (exact) mass is 439 g/mol. The molecule has 0 fully saturated rings. The Morgan fingerprint density at radius 1 is 1.10 bits per heavy atom. The quantitative estimate of drug-likeness (QED) is 0.567. The molecule has 0 saturated heterocycles. The second-order valence-electron chi connectivity index (χ2n) is 4.41. The van der Waals surface area contributed by atoms with Gasteiger partial charge in [0.1, 0.15) is 6.33 Å². The fourth-order valence-corrected chi connectivity index (χ4v) is 2.94. The molecule has 0 aliphatic rings. The first-order valence-electron chi connectivity index (χ1n) is 6.10. The lowest BCUT2D eigenvalue weighted by Crippen LogP contribution is -2.00. The highest BCUT2D eigenvalue weighted by molar-refractivity contribution is 14.1. The molecule has 5 heteroatoms. The van der Waals surface area contributed by atoms with Gasteiger partial charge in [-0.25, -0.2) is 9.67 Å². The molecule has 0 amide bonds. The summed E-state index contributed by atoms with van der Waals surface area (Å²) in [4.78, 5) is 4.38. The lowest BCUT2D eigenvalue weighted by atomic mass is 10.2. The number of hydrogen-bond donors (Lipinski definition) is 0. The van der Waals surface area contributed by atoms with E-state index in [1.54, 1.807) is 6.33 Å². The van der Waals surface area contributed by atoms with E-state index in [1.807, 2.05) is 28.9 Å². The smallest absolute Gasteiger partial charge is 0.181 e. The Hall–Kier alpha value is -1.21. The van der Waals surface area contributed by atoms with Crippen molar-refractivity contribution in [2.24, 2.45) is 0 Å². The lowest BCUT2D eigenvalue weighted by Gasteiger charge is -2.01. The van der Waals surface area contributed by atoms with Gasteiger partial charge in [-0.3, -0.25) is 0 Å². The number of nitrogens with zero attached hydrogens (tertiary/aromatic N) is 3. The molecule has 100 valence electrons. The van der Waals surface area contributed by atoms with Crippen LogP contribution in [0.3, 0.4) is 0 Å². The summed E-state index contributed by atoms with van der Waals surface area (Å²) in [6.07, 6.45) is 1.77. The van der Waals surface area contributed by atoms with Crippen molar-refractivity contribution in [3.8, 4) is 11.4 Å². The Morgan fingerprint density at radius 2 is 1.95 bits per heavy atom. The molecule has 3 aromatic rings. The summed E-state index contributed by atoms with van der Waals surface area (Å²) in [5.74, 6) is 0.763. The van der Waals surface area contributed by atoms with E-state index in [9.17, 15) is 0 Å². The van der Waals surface area contributed by atoms with E-state index in [0.29, 0.717) is 0 Å². The Kier molecular flexibility index (Phi) is 4.16. The maximum atomic E-state index is 4.53. The van der Waals surface area contributed by atoms with Crippen LogP contribution in [-0.4, -0.2) is 14.8 Å². The highest BCUT2D eigenvalue weighted by Crippen LogP contribution is 2.18. The SMILES string of the molecule is Brc1cccc(Cn2cnc(-c3cccc(I)c3)n2)c1. The first-order chi connectivity index (χ1) is 9.70. The number of rotatable bonds is 3. The summed E-state index contributed by atoms with van der Waals surface area (Å²) in [5, 5.41) is 4.53. The molecule has 3 rings (SSSR count). The van der Waals surface area contributed by atoms with Crippen molar-refractivity contribution in [2.45, 2.75) is 6.54 Å². The van der Waals surface area contributed by atoms with Crippen molar-refractivity contribution in [1.29, 1.82) is 0 Å². The molecule has 3 nitrogen and oxygen atoms in total. The third-order valence-corrected chi connectivity index (χ3v) is 4.02. The van der Waals surface area contributed by atoms with Crippen molar-refractivity contribution in [2.75, 3.05) is 0 Å². The molecule has 0 spiro atoms. The van der Waals surface area contributed by atoms with Gasteiger partial charge in [0.15, 0.2) is 5.82 Å². The minimum absolute atomic E-state index is 0.719. The van der Waals surface area contributed by atoms with Crippen LogP contribution in [0.1, 0.15) is 5.56 Å². The van der Waals surface area contributed by atoms with Gasteiger partial charge in [-0.2, -0.15) is 5.10 Å². The van der Waals surface area contributed by atoms with Gasteiger partial charge in [0.05, 0.1) is 6.54 Å². The first-order valence-corrected chi connectivity index (χ1v) is 7.98. The van der Waals surface area contributed by atoms with Crippen molar-refractivity contribution in [3.05, 3.63) is 68.5 Å². The predicted octanol–water partition coefficient (Wildman–Crippen LogP) is 4.36. The summed E-state index contributed by atoms with van der Waals surface area (Å²) >= 11 is 5.77. The molecule has 0 atom stereocenters. The Morgan fingerprint density at radius 3 is 2.75 bits per heavy atom. The van der Waals surface area contributed by atoms with Gasteiger partial charge in [-0.05, 0) is 52.4 Å². The van der Waals surface area contributed by atoms with Crippen molar-refractivity contribution in [1.82, 2.24) is 14.8 Å². The molecule has 0 bridgehead atoms. The largest absolute Gasteiger partial charge is 0.248 e. The maximum Gasteiger partial charge on any atom is 0.181 e. The third kappa shape index (κ3) is 3.27. The van der Waals surface area contributed by atoms with Crippen LogP contribution >= 0.6 is 38.5 Å². The molecule has 20 heavy (non-hydrogen) atoms. The molecule has 0 radical (unpaired) electrons. The van der Waals surface area contributed by atoms with E-state index < -0.39 is 0 Å². The van der Waals surface area contributed by atoms with Crippen LogP contribution in [0.15, 0.2) is 59.3 Å². The molecule has 2 aromatic carbocycles. The van der Waals surface area contributed by atoms with E-state index >= 15 is 0 Å². The van der Waals surface area contributed by atoms with Crippen molar-refractivity contribution < 1.29 is 0 Å². The van der Waals surface area contributed by atoms with Gasteiger partial charge in [-0.1, -0.05) is 40.2 Å². The first kappa shape index (κ1) is 13.8. The van der Waals surface area contributed by atoms with Crippen LogP contribution in [0, 0.1) is 3.57 Å². The van der Waals surface area contributed by atoms with Crippen LogP contribution < -0.4 is 0 Å². The van der Waals surface area contributed by atoms with Crippen LogP contribution in [0.25, 0.3) is 11.4 Å². The van der Waals surface area contributed by atoms with E-state index in [-0.39, 0.29) is 0 Å². The number of halogens is 2. The van der Waals surface area contributed by atoms with E-state index in [4.69, 9.17) is 0 Å². The van der Waals surface area contributed by atoms with Crippen LogP contribution in [-0.2, 0) is 6.54 Å².